The Hall–Kier alpha value is -2.08. The third-order valence-electron chi connectivity index (χ3n) is 7.36. The Labute approximate surface area is 237 Å². The van der Waals surface area contributed by atoms with Crippen LogP contribution in [0.1, 0.15) is 31.6 Å². The molecule has 3 aliphatic rings. The van der Waals surface area contributed by atoms with Crippen molar-refractivity contribution in [1.29, 1.82) is 0 Å². The molecule has 0 N–H and O–H groups in total. The Kier molecular flexibility index (Phi) is 11.6. The monoisotopic (exact) mass is 557 g/mol. The summed E-state index contributed by atoms with van der Waals surface area (Å²) in [7, 11) is 0. The minimum Gasteiger partial charge on any atom is -0.462 e. The first-order valence-corrected chi connectivity index (χ1v) is 14.6. The van der Waals surface area contributed by atoms with Gasteiger partial charge in [-0.05, 0) is 25.1 Å². The zero-order valence-electron chi connectivity index (χ0n) is 23.4. The fraction of sp³-hybridized carbons (Fsp3) is 0.613. The van der Waals surface area contributed by atoms with Crippen LogP contribution in [0.3, 0.4) is 0 Å². The van der Waals surface area contributed by atoms with Crippen LogP contribution in [0.5, 0.6) is 5.75 Å². The lowest BCUT2D eigenvalue weighted by atomic mass is 9.97. The summed E-state index contributed by atoms with van der Waals surface area (Å²) in [5, 5.41) is 0. The summed E-state index contributed by atoms with van der Waals surface area (Å²) in [6.45, 7) is 8.34. The summed E-state index contributed by atoms with van der Waals surface area (Å²) in [4.78, 5) is 2.40. The molecular weight excluding hydrogens is 514 g/mol. The summed E-state index contributed by atoms with van der Waals surface area (Å²) in [5.74, 6) is 0.691. The van der Waals surface area contributed by atoms with Gasteiger partial charge in [-0.3, -0.25) is 4.90 Å². The molecule has 0 bridgehead atoms. The fourth-order valence-electron chi connectivity index (χ4n) is 5.21. The number of unbranched alkanes of at least 4 members (excludes halogenated alkanes) is 1. The lowest BCUT2D eigenvalue weighted by Gasteiger charge is -2.48. The highest BCUT2D eigenvalue weighted by Gasteiger charge is 2.52. The number of ether oxygens (including phenoxy) is 8. The van der Waals surface area contributed by atoms with E-state index in [0.717, 1.165) is 38.0 Å². The number of benzene rings is 2. The normalized spacial score (nSPS) is 31.2. The molecule has 2 aromatic carbocycles. The van der Waals surface area contributed by atoms with Gasteiger partial charge >= 0.3 is 0 Å². The van der Waals surface area contributed by atoms with Gasteiger partial charge in [0.2, 0.25) is 6.29 Å². The van der Waals surface area contributed by atoms with Gasteiger partial charge in [-0.15, -0.1) is 0 Å². The highest BCUT2D eigenvalue weighted by Crippen LogP contribution is 2.37. The van der Waals surface area contributed by atoms with Crippen LogP contribution in [0.2, 0.25) is 0 Å². The van der Waals surface area contributed by atoms with Crippen molar-refractivity contribution in [3.63, 3.8) is 0 Å². The second-order valence-corrected chi connectivity index (χ2v) is 10.2. The third kappa shape index (κ3) is 8.24. The number of rotatable bonds is 6. The number of hydrogen-bond donors (Lipinski definition) is 0. The van der Waals surface area contributed by atoms with Crippen molar-refractivity contribution in [2.75, 3.05) is 65.9 Å². The summed E-state index contributed by atoms with van der Waals surface area (Å²) in [6.07, 6.45) is -0.720. The Bertz CT molecular complexity index is 966. The SMILES string of the molecule is CCCCN1CCOCCO[C@@H]2[C@@H](OCCOCC1)[C@H](Oc1ccccc1)O[C@@H]1COC(c3ccccc3)O[C@@H]21. The quantitative estimate of drug-likeness (QED) is 0.527. The molecule has 3 heterocycles. The van der Waals surface area contributed by atoms with Crippen molar-refractivity contribution >= 4 is 0 Å². The highest BCUT2D eigenvalue weighted by atomic mass is 16.8. The average Bonchev–Trinajstić information content (AvgIpc) is 3.00. The standard InChI is InChI=1S/C31H43NO8/c1-2-3-14-32-15-17-33-19-21-35-28-27-26(23-37-30(40-27)24-10-6-4-7-11-24)39-31(38-25-12-8-5-9-13-25)29(28)36-22-20-34-18-16-32/h4-13,26-31H,2-3,14-23H2,1H3/t26-,27-,28+,29-,30?,31-/m1/s1. The summed E-state index contributed by atoms with van der Waals surface area (Å²) < 4.78 is 50.2. The molecule has 0 saturated carbocycles. The second-order valence-electron chi connectivity index (χ2n) is 10.2. The summed E-state index contributed by atoms with van der Waals surface area (Å²) in [6, 6.07) is 19.5. The zero-order valence-corrected chi connectivity index (χ0v) is 23.4. The van der Waals surface area contributed by atoms with Gasteiger partial charge in [0, 0.05) is 18.7 Å². The van der Waals surface area contributed by atoms with E-state index in [-0.39, 0.29) is 6.10 Å². The number of nitrogens with zero attached hydrogens (tertiary/aromatic N) is 1. The second kappa shape index (κ2) is 15.8. The van der Waals surface area contributed by atoms with E-state index in [1.54, 1.807) is 0 Å². The topological polar surface area (TPSA) is 77.1 Å². The molecule has 3 saturated heterocycles. The van der Waals surface area contributed by atoms with E-state index in [0.29, 0.717) is 52.0 Å². The molecule has 2 aromatic rings. The minimum absolute atomic E-state index is 0.346. The third-order valence-corrected chi connectivity index (χ3v) is 7.36. The fourth-order valence-corrected chi connectivity index (χ4v) is 5.21. The largest absolute Gasteiger partial charge is 0.462 e. The van der Waals surface area contributed by atoms with Crippen molar-refractivity contribution in [2.45, 2.75) is 56.8 Å². The van der Waals surface area contributed by atoms with E-state index in [1.807, 2.05) is 60.7 Å². The van der Waals surface area contributed by atoms with Gasteiger partial charge in [-0.2, -0.15) is 0 Å². The van der Waals surface area contributed by atoms with E-state index in [9.17, 15) is 0 Å². The maximum absolute atomic E-state index is 6.50. The molecule has 0 radical (unpaired) electrons. The maximum atomic E-state index is 6.50. The molecule has 40 heavy (non-hydrogen) atoms. The number of fused-ring (bicyclic) bond motifs is 3. The van der Waals surface area contributed by atoms with Crippen LogP contribution in [-0.2, 0) is 33.2 Å². The van der Waals surface area contributed by atoms with E-state index < -0.39 is 30.9 Å². The van der Waals surface area contributed by atoms with Crippen molar-refractivity contribution in [3.8, 4) is 5.75 Å². The van der Waals surface area contributed by atoms with E-state index >= 15 is 0 Å². The van der Waals surface area contributed by atoms with Crippen LogP contribution in [0.15, 0.2) is 60.7 Å². The van der Waals surface area contributed by atoms with Gasteiger partial charge in [-0.1, -0.05) is 61.9 Å². The van der Waals surface area contributed by atoms with E-state index in [4.69, 9.17) is 37.9 Å². The first-order chi connectivity index (χ1) is 19.8. The Morgan fingerprint density at radius 2 is 1.40 bits per heavy atom. The minimum atomic E-state index is -0.713. The molecule has 0 aromatic heterocycles. The van der Waals surface area contributed by atoms with E-state index in [1.165, 1.54) is 0 Å². The first-order valence-electron chi connectivity index (χ1n) is 14.6. The predicted octanol–water partition coefficient (Wildman–Crippen LogP) is 3.82. The molecule has 9 nitrogen and oxygen atoms in total. The molecular formula is C31H43NO8. The first kappa shape index (κ1) is 29.4. The molecule has 3 aliphatic heterocycles. The zero-order chi connectivity index (χ0) is 27.4. The Morgan fingerprint density at radius 1 is 0.725 bits per heavy atom. The number of hydrogen-bond acceptors (Lipinski definition) is 9. The van der Waals surface area contributed by atoms with Crippen LogP contribution >= 0.6 is 0 Å². The lowest BCUT2D eigenvalue weighted by Crippen LogP contribution is -2.64. The van der Waals surface area contributed by atoms with E-state index in [2.05, 4.69) is 11.8 Å². The number of para-hydroxylation sites is 1. The van der Waals surface area contributed by atoms with Gasteiger partial charge in [0.1, 0.15) is 30.2 Å². The molecule has 9 heteroatoms. The van der Waals surface area contributed by atoms with Gasteiger partial charge in [0.25, 0.3) is 0 Å². The predicted molar refractivity (Wildman–Crippen MR) is 148 cm³/mol. The highest BCUT2D eigenvalue weighted by molar-refractivity contribution is 5.21. The van der Waals surface area contributed by atoms with Crippen LogP contribution in [-0.4, -0.2) is 101 Å². The summed E-state index contributed by atoms with van der Waals surface area (Å²) >= 11 is 0. The molecule has 0 amide bonds. The average molecular weight is 558 g/mol. The molecule has 1 unspecified atom stereocenters. The van der Waals surface area contributed by atoms with Gasteiger partial charge in [0.05, 0.1) is 46.2 Å². The molecule has 220 valence electrons. The van der Waals surface area contributed by atoms with Gasteiger partial charge < -0.3 is 37.9 Å². The van der Waals surface area contributed by atoms with Crippen LogP contribution in [0.4, 0.5) is 0 Å². The lowest BCUT2D eigenvalue weighted by molar-refractivity contribution is -0.360. The van der Waals surface area contributed by atoms with Gasteiger partial charge in [-0.25, -0.2) is 0 Å². The van der Waals surface area contributed by atoms with Gasteiger partial charge in [0.15, 0.2) is 6.29 Å². The molecule has 3 fully saturated rings. The van der Waals surface area contributed by atoms with Crippen molar-refractivity contribution in [1.82, 2.24) is 4.90 Å². The Morgan fingerprint density at radius 3 is 2.10 bits per heavy atom. The van der Waals surface area contributed by atoms with Crippen LogP contribution in [0, 0.1) is 0 Å². The molecule has 6 atom stereocenters. The van der Waals surface area contributed by atoms with Crippen molar-refractivity contribution in [2.24, 2.45) is 0 Å². The van der Waals surface area contributed by atoms with Crippen LogP contribution < -0.4 is 4.74 Å². The molecule has 5 rings (SSSR count). The van der Waals surface area contributed by atoms with Crippen molar-refractivity contribution < 1.29 is 37.9 Å². The molecule has 0 spiro atoms. The maximum Gasteiger partial charge on any atom is 0.229 e. The smallest absolute Gasteiger partial charge is 0.229 e. The molecule has 0 aliphatic carbocycles. The van der Waals surface area contributed by atoms with Crippen LogP contribution in [0.25, 0.3) is 0 Å². The summed E-state index contributed by atoms with van der Waals surface area (Å²) in [5.41, 5.74) is 0.947. The Balaban J connectivity index is 1.32. The van der Waals surface area contributed by atoms with Crippen molar-refractivity contribution in [3.05, 3.63) is 66.2 Å².